The highest BCUT2D eigenvalue weighted by molar-refractivity contribution is 7.91. The normalized spacial score (nSPS) is 11.8. The minimum absolute atomic E-state index is 0.0449. The number of hydrogen-bond donors (Lipinski definition) is 1. The molecule has 0 atom stereocenters. The highest BCUT2D eigenvalue weighted by Crippen LogP contribution is 2.44. The van der Waals surface area contributed by atoms with Gasteiger partial charge in [0, 0.05) is 23.6 Å². The first-order chi connectivity index (χ1) is 15.3. The first-order valence-corrected chi connectivity index (χ1v) is 14.1. The summed E-state index contributed by atoms with van der Waals surface area (Å²) in [7, 11) is -6.94. The molecule has 0 unspecified atom stereocenters. The lowest BCUT2D eigenvalue weighted by Gasteiger charge is -2.10. The molecule has 8 nitrogen and oxygen atoms in total. The molecule has 2 aromatic carbocycles. The summed E-state index contributed by atoms with van der Waals surface area (Å²) < 4.78 is 52.4. The molecule has 174 valence electrons. The van der Waals surface area contributed by atoms with Gasteiger partial charge in [0.25, 0.3) is 0 Å². The van der Waals surface area contributed by atoms with Crippen molar-refractivity contribution >= 4 is 42.9 Å². The highest BCUT2D eigenvalue weighted by atomic mass is 32.2. The number of esters is 1. The van der Waals surface area contributed by atoms with Crippen LogP contribution in [0.3, 0.4) is 0 Å². The number of carboxylic acid groups (broad SMARTS) is 1. The molecule has 0 aliphatic rings. The fraction of sp³-hybridized carbons (Fsp3) is 0.182. The smallest absolute Gasteiger partial charge is 0.348 e. The quantitative estimate of drug-likeness (QED) is 0.477. The van der Waals surface area contributed by atoms with Gasteiger partial charge in [-0.05, 0) is 42.3 Å². The molecule has 0 aliphatic heterocycles. The number of thiophene rings is 1. The van der Waals surface area contributed by atoms with Gasteiger partial charge in [0.05, 0.1) is 16.4 Å². The van der Waals surface area contributed by atoms with Gasteiger partial charge in [-0.15, -0.1) is 11.3 Å². The zero-order valence-electron chi connectivity index (χ0n) is 17.9. The number of aromatic carboxylic acids is 1. The average molecular weight is 509 g/mol. The molecule has 1 N–H and O–H groups in total. The zero-order valence-corrected chi connectivity index (χ0v) is 20.3. The van der Waals surface area contributed by atoms with Crippen molar-refractivity contribution in [3.8, 4) is 22.3 Å². The molecule has 1 heterocycles. The highest BCUT2D eigenvalue weighted by Gasteiger charge is 2.29. The van der Waals surface area contributed by atoms with Crippen molar-refractivity contribution in [1.29, 1.82) is 0 Å². The maximum absolute atomic E-state index is 12.7. The van der Waals surface area contributed by atoms with Crippen molar-refractivity contribution in [2.45, 2.75) is 16.7 Å². The lowest BCUT2D eigenvalue weighted by molar-refractivity contribution is 0.0532. The Labute approximate surface area is 195 Å². The lowest BCUT2D eigenvalue weighted by Crippen LogP contribution is -2.04. The van der Waals surface area contributed by atoms with Crippen molar-refractivity contribution in [2.24, 2.45) is 0 Å². The van der Waals surface area contributed by atoms with Crippen LogP contribution in [0.25, 0.3) is 22.3 Å². The van der Waals surface area contributed by atoms with E-state index in [0.29, 0.717) is 11.1 Å². The van der Waals surface area contributed by atoms with Crippen molar-refractivity contribution in [2.75, 3.05) is 19.1 Å². The van der Waals surface area contributed by atoms with Gasteiger partial charge < -0.3 is 9.84 Å². The summed E-state index contributed by atoms with van der Waals surface area (Å²) in [5, 5.41) is 9.84. The number of benzene rings is 2. The minimum atomic E-state index is -3.47. The molecule has 1 aromatic heterocycles. The molecule has 0 saturated carbocycles. The van der Waals surface area contributed by atoms with E-state index in [2.05, 4.69) is 0 Å². The van der Waals surface area contributed by atoms with Crippen LogP contribution in [-0.2, 0) is 24.4 Å². The molecule has 0 bridgehead atoms. The van der Waals surface area contributed by atoms with Crippen molar-refractivity contribution < 1.29 is 36.3 Å². The third kappa shape index (κ3) is 5.15. The fourth-order valence-corrected chi connectivity index (χ4v) is 5.55. The van der Waals surface area contributed by atoms with Gasteiger partial charge in [-0.25, -0.2) is 26.4 Å². The molecule has 0 amide bonds. The average Bonchev–Trinajstić information content (AvgIpc) is 3.14. The Balaban J connectivity index is 2.33. The maximum atomic E-state index is 12.7. The predicted molar refractivity (Wildman–Crippen MR) is 124 cm³/mol. The number of rotatable bonds is 7. The van der Waals surface area contributed by atoms with Crippen LogP contribution in [0.4, 0.5) is 0 Å². The summed E-state index contributed by atoms with van der Waals surface area (Å²) in [6.45, 7) is 1.69. The Morgan fingerprint density at radius 1 is 0.788 bits per heavy atom. The summed E-state index contributed by atoms with van der Waals surface area (Å²) in [6.07, 6.45) is 2.12. The van der Waals surface area contributed by atoms with Crippen molar-refractivity contribution in [3.05, 3.63) is 58.3 Å². The molecule has 0 saturated heterocycles. The monoisotopic (exact) mass is 508 g/mol. The summed E-state index contributed by atoms with van der Waals surface area (Å²) in [6, 6.07) is 11.4. The molecule has 3 aromatic rings. The van der Waals surface area contributed by atoms with Crippen LogP contribution in [0.2, 0.25) is 0 Å². The first-order valence-electron chi connectivity index (χ1n) is 9.52. The lowest BCUT2D eigenvalue weighted by atomic mass is 9.94. The SMILES string of the molecule is CCOC(=O)c1sc(C(=O)O)c(-c2ccc(S(C)(=O)=O)cc2)c1-c1ccc(S(C)(=O)=O)cc1. The third-order valence-electron chi connectivity index (χ3n) is 4.71. The van der Waals surface area contributed by atoms with E-state index in [-0.39, 0.29) is 37.3 Å². The Morgan fingerprint density at radius 3 is 1.52 bits per heavy atom. The number of carboxylic acids is 1. The van der Waals surface area contributed by atoms with Crippen LogP contribution in [0, 0.1) is 0 Å². The number of hydrogen-bond acceptors (Lipinski definition) is 8. The Kier molecular flexibility index (Phi) is 6.78. The van der Waals surface area contributed by atoms with E-state index in [4.69, 9.17) is 4.74 Å². The van der Waals surface area contributed by atoms with Crippen LogP contribution in [0.1, 0.15) is 26.3 Å². The Bertz CT molecular complexity index is 1430. The second-order valence-electron chi connectivity index (χ2n) is 7.13. The third-order valence-corrected chi connectivity index (χ3v) is 8.12. The molecule has 0 radical (unpaired) electrons. The van der Waals surface area contributed by atoms with Crippen LogP contribution in [-0.4, -0.2) is 53.0 Å². The molecule has 11 heteroatoms. The standard InChI is InChI=1S/C22H20O8S3/c1-4-30-22(25)20-18(14-7-11-16(12-8-14)33(3,28)29)17(19(31-20)21(23)24)13-5-9-15(10-6-13)32(2,26)27/h5-12H,4H2,1-3H3,(H,23,24). The Morgan fingerprint density at radius 2 is 1.18 bits per heavy atom. The van der Waals surface area contributed by atoms with Gasteiger partial charge in [0.15, 0.2) is 19.7 Å². The largest absolute Gasteiger partial charge is 0.477 e. The molecular formula is C22H20O8S3. The van der Waals surface area contributed by atoms with Crippen molar-refractivity contribution in [1.82, 2.24) is 0 Å². The van der Waals surface area contributed by atoms with Crippen molar-refractivity contribution in [3.63, 3.8) is 0 Å². The number of ether oxygens (including phenoxy) is 1. The van der Waals surface area contributed by atoms with Gasteiger partial charge >= 0.3 is 11.9 Å². The van der Waals surface area contributed by atoms with Crippen LogP contribution in [0.15, 0.2) is 58.3 Å². The summed E-state index contributed by atoms with van der Waals surface area (Å²) in [5.74, 6) is -1.99. The Hall–Kier alpha value is -3.02. The van der Waals surface area contributed by atoms with E-state index < -0.39 is 31.6 Å². The van der Waals surface area contributed by atoms with E-state index in [9.17, 15) is 31.5 Å². The van der Waals surface area contributed by atoms with Crippen LogP contribution < -0.4 is 0 Å². The van der Waals surface area contributed by atoms with E-state index in [1.165, 1.54) is 48.5 Å². The van der Waals surface area contributed by atoms with Gasteiger partial charge in [-0.2, -0.15) is 0 Å². The van der Waals surface area contributed by atoms with E-state index >= 15 is 0 Å². The number of carbonyl (C=O) groups excluding carboxylic acids is 1. The van der Waals surface area contributed by atoms with Crippen LogP contribution >= 0.6 is 11.3 Å². The predicted octanol–water partition coefficient (Wildman–Crippen LogP) is 3.76. The summed E-state index contributed by atoms with van der Waals surface area (Å²) in [4.78, 5) is 24.8. The van der Waals surface area contributed by atoms with Gasteiger partial charge in [-0.1, -0.05) is 24.3 Å². The first kappa shape index (κ1) is 24.6. The minimum Gasteiger partial charge on any atom is -0.477 e. The number of carbonyl (C=O) groups is 2. The maximum Gasteiger partial charge on any atom is 0.348 e. The summed E-state index contributed by atoms with van der Waals surface area (Å²) >= 11 is 0.741. The van der Waals surface area contributed by atoms with Gasteiger partial charge in [0.2, 0.25) is 0 Å². The topological polar surface area (TPSA) is 132 Å². The second-order valence-corrected chi connectivity index (χ2v) is 12.2. The molecule has 0 spiro atoms. The fourth-order valence-electron chi connectivity index (χ4n) is 3.21. The summed E-state index contributed by atoms with van der Waals surface area (Å²) in [5.41, 5.74) is 1.27. The molecular weight excluding hydrogens is 488 g/mol. The van der Waals surface area contributed by atoms with Gasteiger partial charge in [-0.3, -0.25) is 0 Å². The van der Waals surface area contributed by atoms with Crippen LogP contribution in [0.5, 0.6) is 0 Å². The molecule has 0 fully saturated rings. The van der Waals surface area contributed by atoms with E-state index in [0.717, 1.165) is 23.8 Å². The van der Waals surface area contributed by atoms with E-state index in [1.807, 2.05) is 0 Å². The van der Waals surface area contributed by atoms with E-state index in [1.54, 1.807) is 6.92 Å². The molecule has 3 rings (SSSR count). The number of sulfone groups is 2. The zero-order chi connectivity index (χ0) is 24.6. The second kappa shape index (κ2) is 9.08. The molecule has 33 heavy (non-hydrogen) atoms. The van der Waals surface area contributed by atoms with Gasteiger partial charge in [0.1, 0.15) is 9.75 Å². The molecule has 0 aliphatic carbocycles.